The lowest BCUT2D eigenvalue weighted by Crippen LogP contribution is -2.39. The Morgan fingerprint density at radius 1 is 1.04 bits per heavy atom. The number of nitrogens with one attached hydrogen (secondary N) is 3. The lowest BCUT2D eigenvalue weighted by atomic mass is 9.86. The molecule has 3 rings (SSSR count). The highest BCUT2D eigenvalue weighted by atomic mass is 16.2. The fourth-order valence-electron chi connectivity index (χ4n) is 3.53. The molecule has 0 atom stereocenters. The lowest BCUT2D eigenvalue weighted by molar-refractivity contribution is 0.244. The number of para-hydroxylation sites is 1. The van der Waals surface area contributed by atoms with E-state index in [0.29, 0.717) is 11.7 Å². The van der Waals surface area contributed by atoms with Crippen LogP contribution >= 0.6 is 0 Å². The number of pyridine rings is 1. The van der Waals surface area contributed by atoms with Gasteiger partial charge < -0.3 is 16.0 Å². The number of anilines is 3. The van der Waals surface area contributed by atoms with Crippen molar-refractivity contribution in [3.05, 3.63) is 48.2 Å². The van der Waals surface area contributed by atoms with E-state index >= 15 is 0 Å². The van der Waals surface area contributed by atoms with Crippen LogP contribution in [0, 0.1) is 0 Å². The molecule has 1 aliphatic rings. The molecule has 0 unspecified atom stereocenters. The summed E-state index contributed by atoms with van der Waals surface area (Å²) in [4.78, 5) is 16.6. The minimum atomic E-state index is -0.150. The lowest BCUT2D eigenvalue weighted by Gasteiger charge is -2.23. The van der Waals surface area contributed by atoms with Crippen LogP contribution in [0.4, 0.5) is 22.0 Å². The predicted molar refractivity (Wildman–Crippen MR) is 112 cm³/mol. The van der Waals surface area contributed by atoms with Gasteiger partial charge in [0.15, 0.2) is 0 Å². The first-order valence-electron chi connectivity index (χ1n) is 9.82. The van der Waals surface area contributed by atoms with E-state index in [-0.39, 0.29) is 11.4 Å². The SMILES string of the molecule is CC(C)(C)c1ccccc1Nc1ccc(NC(=O)NC2CCCCC2)cn1. The van der Waals surface area contributed by atoms with Crippen LogP contribution in [0.2, 0.25) is 0 Å². The van der Waals surface area contributed by atoms with Crippen LogP contribution in [-0.2, 0) is 5.41 Å². The van der Waals surface area contributed by atoms with Crippen molar-refractivity contribution in [1.82, 2.24) is 10.3 Å². The Labute approximate surface area is 162 Å². The Bertz CT molecular complexity index is 759. The van der Waals surface area contributed by atoms with E-state index in [4.69, 9.17) is 0 Å². The molecule has 0 saturated heterocycles. The van der Waals surface area contributed by atoms with Gasteiger partial charge in [-0.1, -0.05) is 58.2 Å². The van der Waals surface area contributed by atoms with Gasteiger partial charge in [0.1, 0.15) is 5.82 Å². The molecule has 2 amide bonds. The average molecular weight is 367 g/mol. The predicted octanol–water partition coefficient (Wildman–Crippen LogP) is 5.58. The molecule has 1 fully saturated rings. The van der Waals surface area contributed by atoms with Gasteiger partial charge in [-0.2, -0.15) is 0 Å². The van der Waals surface area contributed by atoms with E-state index in [2.05, 4.69) is 59.9 Å². The number of hydrogen-bond acceptors (Lipinski definition) is 3. The monoisotopic (exact) mass is 366 g/mol. The molecule has 144 valence electrons. The van der Waals surface area contributed by atoms with Crippen LogP contribution in [0.25, 0.3) is 0 Å². The summed E-state index contributed by atoms with van der Waals surface area (Å²) in [5.74, 6) is 0.755. The van der Waals surface area contributed by atoms with Crippen molar-refractivity contribution in [2.75, 3.05) is 10.6 Å². The molecule has 1 aromatic carbocycles. The van der Waals surface area contributed by atoms with E-state index in [1.165, 1.54) is 24.8 Å². The highest BCUT2D eigenvalue weighted by molar-refractivity contribution is 5.89. The summed E-state index contributed by atoms with van der Waals surface area (Å²) < 4.78 is 0. The number of hydrogen-bond donors (Lipinski definition) is 3. The third-order valence-corrected chi connectivity index (χ3v) is 4.96. The highest BCUT2D eigenvalue weighted by Gasteiger charge is 2.18. The molecule has 5 heteroatoms. The maximum absolute atomic E-state index is 12.1. The van der Waals surface area contributed by atoms with Crippen LogP contribution in [0.15, 0.2) is 42.6 Å². The highest BCUT2D eigenvalue weighted by Crippen LogP contribution is 2.31. The summed E-state index contributed by atoms with van der Waals surface area (Å²) in [6.07, 6.45) is 7.49. The van der Waals surface area contributed by atoms with Crippen LogP contribution in [0.3, 0.4) is 0 Å². The number of nitrogens with zero attached hydrogens (tertiary/aromatic N) is 1. The van der Waals surface area contributed by atoms with Gasteiger partial charge in [0.2, 0.25) is 0 Å². The smallest absolute Gasteiger partial charge is 0.319 e. The van der Waals surface area contributed by atoms with Gasteiger partial charge in [-0.3, -0.25) is 0 Å². The fraction of sp³-hybridized carbons (Fsp3) is 0.455. The molecule has 27 heavy (non-hydrogen) atoms. The number of amides is 2. The third-order valence-electron chi connectivity index (χ3n) is 4.96. The van der Waals surface area contributed by atoms with Crippen molar-refractivity contribution in [2.24, 2.45) is 0 Å². The van der Waals surface area contributed by atoms with Gasteiger partial charge in [-0.05, 0) is 42.0 Å². The van der Waals surface area contributed by atoms with E-state index in [9.17, 15) is 4.79 Å². The molecule has 0 spiro atoms. The van der Waals surface area contributed by atoms with E-state index in [1.807, 2.05) is 18.2 Å². The van der Waals surface area contributed by atoms with Gasteiger partial charge in [-0.15, -0.1) is 0 Å². The largest absolute Gasteiger partial charge is 0.340 e. The van der Waals surface area contributed by atoms with Crippen molar-refractivity contribution in [3.63, 3.8) is 0 Å². The van der Waals surface area contributed by atoms with Gasteiger partial charge in [-0.25, -0.2) is 9.78 Å². The molecular weight excluding hydrogens is 336 g/mol. The molecule has 1 saturated carbocycles. The summed E-state index contributed by atoms with van der Waals surface area (Å²) >= 11 is 0. The van der Waals surface area contributed by atoms with Crippen molar-refractivity contribution in [3.8, 4) is 0 Å². The molecular formula is C22H30N4O. The van der Waals surface area contributed by atoms with Gasteiger partial charge in [0, 0.05) is 11.7 Å². The molecule has 1 aromatic heterocycles. The average Bonchev–Trinajstić information content (AvgIpc) is 2.64. The van der Waals surface area contributed by atoms with Crippen molar-refractivity contribution in [2.45, 2.75) is 64.3 Å². The van der Waals surface area contributed by atoms with Crippen LogP contribution in [0.1, 0.15) is 58.4 Å². The maximum Gasteiger partial charge on any atom is 0.319 e. The van der Waals surface area contributed by atoms with Crippen LogP contribution in [-0.4, -0.2) is 17.1 Å². The molecule has 1 heterocycles. The van der Waals surface area contributed by atoms with Crippen molar-refractivity contribution >= 4 is 23.2 Å². The van der Waals surface area contributed by atoms with Crippen LogP contribution < -0.4 is 16.0 Å². The first kappa shape index (κ1) is 19.2. The second-order valence-corrected chi connectivity index (χ2v) is 8.29. The molecule has 3 N–H and O–H groups in total. The molecule has 2 aromatic rings. The zero-order chi connectivity index (χ0) is 19.3. The molecule has 1 aliphatic carbocycles. The van der Waals surface area contributed by atoms with E-state index < -0.39 is 0 Å². The van der Waals surface area contributed by atoms with Gasteiger partial charge >= 0.3 is 6.03 Å². The van der Waals surface area contributed by atoms with Gasteiger partial charge in [0.25, 0.3) is 0 Å². The molecule has 5 nitrogen and oxygen atoms in total. The van der Waals surface area contributed by atoms with Crippen molar-refractivity contribution < 1.29 is 4.79 Å². The number of aromatic nitrogens is 1. The number of urea groups is 1. The Morgan fingerprint density at radius 3 is 2.44 bits per heavy atom. The minimum Gasteiger partial charge on any atom is -0.340 e. The van der Waals surface area contributed by atoms with E-state index in [1.54, 1.807) is 6.20 Å². The Hall–Kier alpha value is -2.56. The number of rotatable bonds is 4. The zero-order valence-electron chi connectivity index (χ0n) is 16.5. The normalized spacial score (nSPS) is 15.2. The number of carbonyl (C=O) groups excluding carboxylic acids is 1. The first-order chi connectivity index (χ1) is 12.9. The van der Waals surface area contributed by atoms with Crippen LogP contribution in [0.5, 0.6) is 0 Å². The number of benzene rings is 1. The molecule has 0 bridgehead atoms. The fourth-order valence-corrected chi connectivity index (χ4v) is 3.53. The van der Waals surface area contributed by atoms with E-state index in [0.717, 1.165) is 24.3 Å². The Kier molecular flexibility index (Phi) is 5.99. The molecule has 0 aliphatic heterocycles. The summed E-state index contributed by atoms with van der Waals surface area (Å²) in [5.41, 5.74) is 3.02. The minimum absolute atomic E-state index is 0.0439. The van der Waals surface area contributed by atoms with Gasteiger partial charge in [0.05, 0.1) is 11.9 Å². The molecule has 0 radical (unpaired) electrons. The standard InChI is InChI=1S/C22H30N4O/c1-22(2,3)18-11-7-8-12-19(18)26-20-14-13-17(15-23-20)25-21(27)24-16-9-5-4-6-10-16/h7-8,11-16H,4-6,9-10H2,1-3H3,(H,23,26)(H2,24,25,27). The Morgan fingerprint density at radius 2 is 1.78 bits per heavy atom. The summed E-state index contributed by atoms with van der Waals surface area (Å²) in [6, 6.07) is 12.2. The number of carbonyl (C=O) groups is 1. The summed E-state index contributed by atoms with van der Waals surface area (Å²) in [5, 5.41) is 9.31. The maximum atomic E-state index is 12.1. The summed E-state index contributed by atoms with van der Waals surface area (Å²) in [7, 11) is 0. The van der Waals surface area contributed by atoms with Crippen molar-refractivity contribution in [1.29, 1.82) is 0 Å². The quantitative estimate of drug-likeness (QED) is 0.662. The first-order valence-corrected chi connectivity index (χ1v) is 9.82. The second kappa shape index (κ2) is 8.42. The third kappa shape index (κ3) is 5.46. The Balaban J connectivity index is 1.60. The zero-order valence-corrected chi connectivity index (χ0v) is 16.5. The topological polar surface area (TPSA) is 66.0 Å². The summed E-state index contributed by atoms with van der Waals surface area (Å²) in [6.45, 7) is 6.58. The second-order valence-electron chi connectivity index (χ2n) is 8.29.